The van der Waals surface area contributed by atoms with Gasteiger partial charge in [0.25, 0.3) is 5.91 Å². The standard InChI is InChI=1S/C10H8Cl2N2O2/c1-5-2-3-6(11)9(8(5)12)14-7(15)4-13-10(14)16/h2-3H,4H2,1H3,(H,13,16). The van der Waals surface area contributed by atoms with Crippen LogP contribution in [0.5, 0.6) is 0 Å². The number of hydrogen-bond donors (Lipinski definition) is 1. The Bertz CT molecular complexity index is 472. The van der Waals surface area contributed by atoms with Gasteiger partial charge in [-0.15, -0.1) is 0 Å². The minimum absolute atomic E-state index is 0.0283. The first-order valence-electron chi connectivity index (χ1n) is 4.57. The van der Waals surface area contributed by atoms with E-state index in [4.69, 9.17) is 23.2 Å². The first-order valence-corrected chi connectivity index (χ1v) is 5.33. The van der Waals surface area contributed by atoms with Crippen molar-refractivity contribution in [2.45, 2.75) is 6.92 Å². The van der Waals surface area contributed by atoms with Gasteiger partial charge in [-0.25, -0.2) is 9.69 Å². The topological polar surface area (TPSA) is 49.4 Å². The SMILES string of the molecule is Cc1ccc(Cl)c(N2C(=O)CNC2=O)c1Cl. The maximum absolute atomic E-state index is 11.5. The quantitative estimate of drug-likeness (QED) is 0.787. The molecule has 0 aromatic heterocycles. The molecule has 1 heterocycles. The molecule has 1 N–H and O–H groups in total. The van der Waals surface area contributed by atoms with Crippen molar-refractivity contribution in [3.63, 3.8) is 0 Å². The van der Waals surface area contributed by atoms with E-state index in [0.717, 1.165) is 10.5 Å². The predicted octanol–water partition coefficient (Wildman–Crippen LogP) is 2.36. The van der Waals surface area contributed by atoms with Gasteiger partial charge in [-0.3, -0.25) is 4.79 Å². The van der Waals surface area contributed by atoms with Crippen LogP contribution in [0, 0.1) is 6.92 Å². The number of carbonyl (C=O) groups is 2. The summed E-state index contributed by atoms with van der Waals surface area (Å²) in [6.07, 6.45) is 0. The van der Waals surface area contributed by atoms with Crippen molar-refractivity contribution in [2.24, 2.45) is 0 Å². The third-order valence-electron chi connectivity index (χ3n) is 2.33. The van der Waals surface area contributed by atoms with Crippen molar-refractivity contribution in [3.05, 3.63) is 27.7 Å². The van der Waals surface area contributed by atoms with Gasteiger partial charge in [0.05, 0.1) is 22.3 Å². The Labute approximate surface area is 102 Å². The lowest BCUT2D eigenvalue weighted by molar-refractivity contribution is -0.115. The molecule has 0 bridgehead atoms. The molecule has 1 fully saturated rings. The predicted molar refractivity (Wildman–Crippen MR) is 62.1 cm³/mol. The number of nitrogens with zero attached hydrogens (tertiary/aromatic N) is 1. The highest BCUT2D eigenvalue weighted by molar-refractivity contribution is 6.42. The fourth-order valence-corrected chi connectivity index (χ4v) is 2.04. The van der Waals surface area contributed by atoms with Gasteiger partial charge in [-0.05, 0) is 18.6 Å². The van der Waals surface area contributed by atoms with Crippen LogP contribution in [-0.2, 0) is 4.79 Å². The summed E-state index contributed by atoms with van der Waals surface area (Å²) in [5.74, 6) is -0.362. The zero-order chi connectivity index (χ0) is 11.9. The maximum atomic E-state index is 11.5. The fourth-order valence-electron chi connectivity index (χ4n) is 1.50. The highest BCUT2D eigenvalue weighted by atomic mass is 35.5. The number of nitrogens with one attached hydrogen (secondary N) is 1. The molecule has 0 radical (unpaired) electrons. The molecule has 0 atom stereocenters. The smallest absolute Gasteiger partial charge is 0.328 e. The molecule has 3 amide bonds. The average Bonchev–Trinajstić information content (AvgIpc) is 2.56. The van der Waals surface area contributed by atoms with Crippen LogP contribution >= 0.6 is 23.2 Å². The zero-order valence-corrected chi connectivity index (χ0v) is 9.89. The van der Waals surface area contributed by atoms with E-state index >= 15 is 0 Å². The lowest BCUT2D eigenvalue weighted by Crippen LogP contribution is -2.31. The molecule has 1 aromatic rings. The Morgan fingerprint density at radius 3 is 2.56 bits per heavy atom. The van der Waals surface area contributed by atoms with Gasteiger partial charge in [0.15, 0.2) is 0 Å². The summed E-state index contributed by atoms with van der Waals surface area (Å²) in [6, 6.07) is 2.84. The molecule has 1 saturated heterocycles. The number of carbonyl (C=O) groups excluding carboxylic acids is 2. The van der Waals surface area contributed by atoms with E-state index in [1.807, 2.05) is 0 Å². The third-order valence-corrected chi connectivity index (χ3v) is 3.11. The van der Waals surface area contributed by atoms with E-state index in [2.05, 4.69) is 5.32 Å². The molecule has 4 nitrogen and oxygen atoms in total. The van der Waals surface area contributed by atoms with Crippen molar-refractivity contribution < 1.29 is 9.59 Å². The Kier molecular flexibility index (Phi) is 2.78. The lowest BCUT2D eigenvalue weighted by atomic mass is 10.2. The number of anilines is 1. The van der Waals surface area contributed by atoms with Crippen LogP contribution in [0.1, 0.15) is 5.56 Å². The summed E-state index contributed by atoms with van der Waals surface area (Å²) in [6.45, 7) is 1.75. The van der Waals surface area contributed by atoms with Crippen molar-refractivity contribution in [2.75, 3.05) is 11.4 Å². The number of rotatable bonds is 1. The normalized spacial score (nSPS) is 15.6. The van der Waals surface area contributed by atoms with Gasteiger partial charge in [0.1, 0.15) is 0 Å². The highest BCUT2D eigenvalue weighted by Crippen LogP contribution is 2.36. The first-order chi connectivity index (χ1) is 7.52. The summed E-state index contributed by atoms with van der Waals surface area (Å²) in [5.41, 5.74) is 1.01. The second kappa shape index (κ2) is 3.96. The van der Waals surface area contributed by atoms with E-state index < -0.39 is 6.03 Å². The molecule has 0 unspecified atom stereocenters. The molecular formula is C10H8Cl2N2O2. The summed E-state index contributed by atoms with van der Waals surface area (Å²) in [7, 11) is 0. The van der Waals surface area contributed by atoms with Gasteiger partial charge in [-0.2, -0.15) is 0 Å². The number of benzene rings is 1. The molecule has 84 valence electrons. The number of halogens is 2. The summed E-state index contributed by atoms with van der Waals surface area (Å²) < 4.78 is 0. The van der Waals surface area contributed by atoms with E-state index in [1.165, 1.54) is 0 Å². The van der Waals surface area contributed by atoms with Crippen LogP contribution in [0.3, 0.4) is 0 Å². The van der Waals surface area contributed by atoms with E-state index in [9.17, 15) is 9.59 Å². The molecule has 0 aliphatic carbocycles. The number of imide groups is 1. The van der Waals surface area contributed by atoms with Gasteiger partial charge >= 0.3 is 6.03 Å². The molecule has 1 aromatic carbocycles. The monoisotopic (exact) mass is 258 g/mol. The van der Waals surface area contributed by atoms with Crippen LogP contribution in [-0.4, -0.2) is 18.5 Å². The van der Waals surface area contributed by atoms with Gasteiger partial charge < -0.3 is 5.32 Å². The Balaban J connectivity index is 2.59. The second-order valence-corrected chi connectivity index (χ2v) is 4.20. The van der Waals surface area contributed by atoms with Crippen LogP contribution < -0.4 is 10.2 Å². The van der Waals surface area contributed by atoms with Gasteiger partial charge in [0.2, 0.25) is 0 Å². The number of urea groups is 1. The molecular weight excluding hydrogens is 251 g/mol. The molecule has 0 saturated carbocycles. The van der Waals surface area contributed by atoms with Crippen molar-refractivity contribution in [3.8, 4) is 0 Å². The van der Waals surface area contributed by atoms with Gasteiger partial charge in [0, 0.05) is 0 Å². The molecule has 6 heteroatoms. The van der Waals surface area contributed by atoms with Crippen LogP contribution in [0.2, 0.25) is 10.0 Å². The number of hydrogen-bond acceptors (Lipinski definition) is 2. The molecule has 0 spiro atoms. The minimum atomic E-state index is -0.501. The molecule has 16 heavy (non-hydrogen) atoms. The third kappa shape index (κ3) is 1.64. The zero-order valence-electron chi connectivity index (χ0n) is 8.38. The van der Waals surface area contributed by atoms with Gasteiger partial charge in [-0.1, -0.05) is 29.3 Å². The Morgan fingerprint density at radius 1 is 1.31 bits per heavy atom. The fraction of sp³-hybridized carbons (Fsp3) is 0.200. The van der Waals surface area contributed by atoms with Crippen LogP contribution in [0.25, 0.3) is 0 Å². The van der Waals surface area contributed by atoms with Crippen molar-refractivity contribution in [1.82, 2.24) is 5.32 Å². The van der Waals surface area contributed by atoms with E-state index in [-0.39, 0.29) is 23.2 Å². The van der Waals surface area contributed by atoms with Crippen LogP contribution in [0.4, 0.5) is 10.5 Å². The maximum Gasteiger partial charge on any atom is 0.329 e. The summed E-state index contributed by atoms with van der Waals surface area (Å²) in [5, 5.41) is 3.01. The molecule has 2 rings (SSSR count). The van der Waals surface area contributed by atoms with Crippen LogP contribution in [0.15, 0.2) is 12.1 Å². The van der Waals surface area contributed by atoms with E-state index in [0.29, 0.717) is 5.02 Å². The van der Waals surface area contributed by atoms with E-state index in [1.54, 1.807) is 19.1 Å². The Hall–Kier alpha value is -1.26. The number of amides is 3. The number of aryl methyl sites for hydroxylation is 1. The Morgan fingerprint density at radius 2 is 2.00 bits per heavy atom. The highest BCUT2D eigenvalue weighted by Gasteiger charge is 2.33. The lowest BCUT2D eigenvalue weighted by Gasteiger charge is -2.16. The largest absolute Gasteiger partial charge is 0.329 e. The first kappa shape index (κ1) is 11.2. The molecule has 1 aliphatic heterocycles. The summed E-state index contributed by atoms with van der Waals surface area (Å²) >= 11 is 12.0. The van der Waals surface area contributed by atoms with Crippen molar-refractivity contribution in [1.29, 1.82) is 0 Å². The van der Waals surface area contributed by atoms with Crippen molar-refractivity contribution >= 4 is 40.8 Å². The minimum Gasteiger partial charge on any atom is -0.328 e. The summed E-state index contributed by atoms with van der Waals surface area (Å²) in [4.78, 5) is 24.0. The average molecular weight is 259 g/mol. The second-order valence-electron chi connectivity index (χ2n) is 3.41. The molecule has 1 aliphatic rings.